The number of hydrogen-bond acceptors (Lipinski definition) is 1. The quantitative estimate of drug-likeness (QED) is 0.711. The maximum absolute atomic E-state index is 11.5. The van der Waals surface area contributed by atoms with E-state index in [0.717, 1.165) is 5.82 Å². The SMILES string of the molecule is C=CP(=O)(O)C=CCC(F)(F)F. The van der Waals surface area contributed by atoms with E-state index in [1.54, 1.807) is 0 Å². The van der Waals surface area contributed by atoms with Gasteiger partial charge in [0.05, 0.1) is 6.42 Å². The average molecular weight is 200 g/mol. The molecule has 0 fully saturated rings. The van der Waals surface area contributed by atoms with Crippen LogP contribution >= 0.6 is 7.37 Å². The van der Waals surface area contributed by atoms with E-state index in [1.807, 2.05) is 0 Å². The zero-order chi connectivity index (χ0) is 9.83. The van der Waals surface area contributed by atoms with Crippen LogP contribution in [0.15, 0.2) is 24.3 Å². The zero-order valence-electron chi connectivity index (χ0n) is 6.08. The minimum atomic E-state index is -4.34. The lowest BCUT2D eigenvalue weighted by Crippen LogP contribution is -2.03. The first-order valence-electron chi connectivity index (χ1n) is 2.97. The Bertz CT molecular complexity index is 231. The minimum Gasteiger partial charge on any atom is -0.339 e. The van der Waals surface area contributed by atoms with Crippen molar-refractivity contribution in [1.29, 1.82) is 0 Å². The molecule has 2 nitrogen and oxygen atoms in total. The van der Waals surface area contributed by atoms with Crippen molar-refractivity contribution in [2.75, 3.05) is 0 Å². The van der Waals surface area contributed by atoms with E-state index < -0.39 is 20.0 Å². The maximum Gasteiger partial charge on any atom is 0.392 e. The van der Waals surface area contributed by atoms with Gasteiger partial charge in [0.15, 0.2) is 0 Å². The molecule has 0 aromatic carbocycles. The molecule has 0 bridgehead atoms. The fraction of sp³-hybridized carbons (Fsp3) is 0.333. The van der Waals surface area contributed by atoms with Crippen LogP contribution in [0.3, 0.4) is 0 Å². The third kappa shape index (κ3) is 6.19. The number of allylic oxidation sites excluding steroid dienone is 1. The van der Waals surface area contributed by atoms with Crippen LogP contribution in [0.5, 0.6) is 0 Å². The van der Waals surface area contributed by atoms with E-state index in [-0.39, 0.29) is 0 Å². The van der Waals surface area contributed by atoms with Gasteiger partial charge in [-0.2, -0.15) is 13.2 Å². The van der Waals surface area contributed by atoms with Crippen LogP contribution in [0.25, 0.3) is 0 Å². The Morgan fingerprint density at radius 2 is 2.00 bits per heavy atom. The first kappa shape index (κ1) is 11.5. The van der Waals surface area contributed by atoms with Crippen LogP contribution in [-0.4, -0.2) is 11.1 Å². The normalized spacial score (nSPS) is 17.7. The lowest BCUT2D eigenvalue weighted by atomic mass is 10.4. The Morgan fingerprint density at radius 3 is 2.33 bits per heavy atom. The van der Waals surface area contributed by atoms with Crippen LogP contribution < -0.4 is 0 Å². The Labute approximate surface area is 67.9 Å². The summed E-state index contributed by atoms with van der Waals surface area (Å²) in [6.07, 6.45) is -4.93. The zero-order valence-corrected chi connectivity index (χ0v) is 6.98. The molecule has 70 valence electrons. The van der Waals surface area contributed by atoms with E-state index in [2.05, 4.69) is 6.58 Å². The van der Waals surface area contributed by atoms with Gasteiger partial charge >= 0.3 is 6.18 Å². The molecular formula is C6H8F3O2P. The molecule has 1 unspecified atom stereocenters. The van der Waals surface area contributed by atoms with Crippen LogP contribution in [0.2, 0.25) is 0 Å². The highest BCUT2D eigenvalue weighted by molar-refractivity contribution is 7.64. The summed E-state index contributed by atoms with van der Waals surface area (Å²) in [6, 6.07) is 0. The summed E-state index contributed by atoms with van der Waals surface area (Å²) in [4.78, 5) is 8.70. The van der Waals surface area contributed by atoms with Gasteiger partial charge in [0.2, 0.25) is 7.37 Å². The van der Waals surface area contributed by atoms with Crippen molar-refractivity contribution in [3.8, 4) is 0 Å². The van der Waals surface area contributed by atoms with Gasteiger partial charge in [0.25, 0.3) is 0 Å². The molecule has 1 N–H and O–H groups in total. The minimum absolute atomic E-state index is 0.614. The Balaban J connectivity index is 4.10. The number of alkyl halides is 3. The second-order valence-electron chi connectivity index (χ2n) is 2.06. The van der Waals surface area contributed by atoms with Gasteiger partial charge in [-0.15, -0.1) is 0 Å². The average Bonchev–Trinajstić information content (AvgIpc) is 1.84. The largest absolute Gasteiger partial charge is 0.392 e. The summed E-state index contributed by atoms with van der Waals surface area (Å²) in [6.45, 7) is 3.00. The number of halogens is 3. The summed E-state index contributed by atoms with van der Waals surface area (Å²) < 4.78 is 45.1. The summed E-state index contributed by atoms with van der Waals surface area (Å²) in [5.74, 6) is 1.34. The lowest BCUT2D eigenvalue weighted by Gasteiger charge is -2.01. The van der Waals surface area contributed by atoms with Gasteiger partial charge in [-0.1, -0.05) is 12.7 Å². The van der Waals surface area contributed by atoms with Gasteiger partial charge in [-0.05, 0) is 5.82 Å². The van der Waals surface area contributed by atoms with E-state index in [1.165, 1.54) is 0 Å². The van der Waals surface area contributed by atoms with E-state index in [0.29, 0.717) is 11.9 Å². The van der Waals surface area contributed by atoms with Crippen molar-refractivity contribution < 1.29 is 22.6 Å². The molecule has 12 heavy (non-hydrogen) atoms. The lowest BCUT2D eigenvalue weighted by molar-refractivity contribution is -0.124. The van der Waals surface area contributed by atoms with Gasteiger partial charge in [0.1, 0.15) is 0 Å². The van der Waals surface area contributed by atoms with Gasteiger partial charge in [-0.3, -0.25) is 4.57 Å². The molecule has 0 rings (SSSR count). The summed E-state index contributed by atoms with van der Waals surface area (Å²) >= 11 is 0. The highest BCUT2D eigenvalue weighted by Crippen LogP contribution is 2.43. The molecule has 0 radical (unpaired) electrons. The van der Waals surface area contributed by atoms with Crippen LogP contribution in [-0.2, 0) is 4.57 Å². The topological polar surface area (TPSA) is 37.3 Å². The smallest absolute Gasteiger partial charge is 0.339 e. The second kappa shape index (κ2) is 3.92. The predicted molar refractivity (Wildman–Crippen MR) is 39.8 cm³/mol. The first-order chi connectivity index (χ1) is 5.27. The van der Waals surface area contributed by atoms with Gasteiger partial charge in [0, 0.05) is 5.82 Å². The Kier molecular flexibility index (Phi) is 3.74. The molecule has 0 saturated heterocycles. The van der Waals surface area contributed by atoms with E-state index in [4.69, 9.17) is 4.89 Å². The molecule has 0 aliphatic heterocycles. The fourth-order valence-corrected chi connectivity index (χ4v) is 0.927. The third-order valence-electron chi connectivity index (χ3n) is 0.930. The van der Waals surface area contributed by atoms with Crippen molar-refractivity contribution in [2.45, 2.75) is 12.6 Å². The van der Waals surface area contributed by atoms with Crippen molar-refractivity contribution in [3.63, 3.8) is 0 Å². The van der Waals surface area contributed by atoms with E-state index in [9.17, 15) is 17.7 Å². The van der Waals surface area contributed by atoms with Gasteiger partial charge in [-0.25, -0.2) is 0 Å². The standard InChI is InChI=1S/C6H8F3O2P/c1-2-12(10,11)5-3-4-6(7,8)9/h2-3,5H,1,4H2,(H,10,11). The second-order valence-corrected chi connectivity index (χ2v) is 4.07. The van der Waals surface area contributed by atoms with Gasteiger partial charge < -0.3 is 4.89 Å². The van der Waals surface area contributed by atoms with Crippen LogP contribution in [0.4, 0.5) is 13.2 Å². The van der Waals surface area contributed by atoms with Crippen molar-refractivity contribution in [3.05, 3.63) is 24.3 Å². The maximum atomic E-state index is 11.5. The van der Waals surface area contributed by atoms with Crippen LogP contribution in [0.1, 0.15) is 6.42 Å². The molecule has 1 atom stereocenters. The van der Waals surface area contributed by atoms with Crippen molar-refractivity contribution in [1.82, 2.24) is 0 Å². The van der Waals surface area contributed by atoms with E-state index >= 15 is 0 Å². The third-order valence-corrected chi connectivity index (χ3v) is 2.09. The summed E-state index contributed by atoms with van der Waals surface area (Å²) in [5, 5.41) is 0. The fourth-order valence-electron chi connectivity index (χ4n) is 0.398. The molecule has 0 spiro atoms. The monoisotopic (exact) mass is 200 g/mol. The summed E-state index contributed by atoms with van der Waals surface area (Å²) in [5.41, 5.74) is 0. The molecule has 0 aromatic heterocycles. The molecular weight excluding hydrogens is 192 g/mol. The van der Waals surface area contributed by atoms with Crippen molar-refractivity contribution >= 4 is 7.37 Å². The molecule has 0 aromatic rings. The number of hydrogen-bond donors (Lipinski definition) is 1. The molecule has 0 aliphatic carbocycles. The summed E-state index contributed by atoms with van der Waals surface area (Å²) in [7, 11) is -3.68. The molecule has 0 aliphatic rings. The van der Waals surface area contributed by atoms with Crippen LogP contribution in [0, 0.1) is 0 Å². The molecule has 0 saturated carbocycles. The Hall–Kier alpha value is -0.540. The highest BCUT2D eigenvalue weighted by atomic mass is 31.2. The highest BCUT2D eigenvalue weighted by Gasteiger charge is 2.25. The molecule has 0 amide bonds. The Morgan fingerprint density at radius 1 is 1.50 bits per heavy atom. The first-order valence-corrected chi connectivity index (χ1v) is 4.77. The molecule has 6 heteroatoms. The number of rotatable bonds is 3. The van der Waals surface area contributed by atoms with Crippen molar-refractivity contribution in [2.24, 2.45) is 0 Å². The molecule has 0 heterocycles. The predicted octanol–water partition coefficient (Wildman–Crippen LogP) is 2.87.